The molecule has 0 spiro atoms. The molecule has 4 aliphatic carbocycles. The van der Waals surface area contributed by atoms with Gasteiger partial charge in [-0.2, -0.15) is 0 Å². The SMILES string of the molecule is Cc1cc(OC(=O)C(NC(=O)C23CC4CC(CC(C4)C2)C3)C(C)C)ccc1[N+](=O)[O-]. The minimum atomic E-state index is -0.749. The number of ether oxygens (including phenoxy) is 1. The van der Waals surface area contributed by atoms with Crippen LogP contribution in [-0.4, -0.2) is 22.8 Å². The number of esters is 1. The molecule has 1 N–H and O–H groups in total. The normalized spacial score (nSPS) is 30.2. The van der Waals surface area contributed by atoms with Gasteiger partial charge in [0, 0.05) is 17.0 Å². The Morgan fingerprint density at radius 3 is 2.17 bits per heavy atom. The Kier molecular flexibility index (Phi) is 5.32. The highest BCUT2D eigenvalue weighted by Gasteiger charge is 2.55. The van der Waals surface area contributed by atoms with E-state index >= 15 is 0 Å². The predicted molar refractivity (Wildman–Crippen MR) is 111 cm³/mol. The van der Waals surface area contributed by atoms with E-state index in [0.717, 1.165) is 19.3 Å². The number of aryl methyl sites for hydroxylation is 1. The highest BCUT2D eigenvalue weighted by molar-refractivity contribution is 5.89. The first kappa shape index (κ1) is 20.8. The van der Waals surface area contributed by atoms with E-state index in [1.807, 2.05) is 13.8 Å². The number of nitro benzene ring substituents is 1. The first-order chi connectivity index (χ1) is 14.2. The molecule has 0 heterocycles. The molecule has 0 aliphatic heterocycles. The van der Waals surface area contributed by atoms with Crippen LogP contribution in [0.1, 0.15) is 57.9 Å². The van der Waals surface area contributed by atoms with Gasteiger partial charge in [-0.05, 0) is 81.3 Å². The smallest absolute Gasteiger partial charge is 0.334 e. The lowest BCUT2D eigenvalue weighted by atomic mass is 9.49. The molecular weight excluding hydrogens is 384 g/mol. The summed E-state index contributed by atoms with van der Waals surface area (Å²) in [5, 5.41) is 14.0. The van der Waals surface area contributed by atoms with E-state index in [4.69, 9.17) is 4.74 Å². The molecule has 0 radical (unpaired) electrons. The number of nitrogens with zero attached hydrogens (tertiary/aromatic N) is 1. The summed E-state index contributed by atoms with van der Waals surface area (Å²) < 4.78 is 5.50. The molecule has 4 fully saturated rings. The molecule has 1 atom stereocenters. The van der Waals surface area contributed by atoms with E-state index in [2.05, 4.69) is 5.32 Å². The van der Waals surface area contributed by atoms with Gasteiger partial charge in [0.15, 0.2) is 0 Å². The summed E-state index contributed by atoms with van der Waals surface area (Å²) in [6.07, 6.45) is 6.57. The quantitative estimate of drug-likeness (QED) is 0.326. The Labute approximate surface area is 176 Å². The maximum atomic E-state index is 13.3. The van der Waals surface area contributed by atoms with Crippen LogP contribution in [0.4, 0.5) is 5.69 Å². The highest BCUT2D eigenvalue weighted by atomic mass is 16.6. The van der Waals surface area contributed by atoms with Crippen molar-refractivity contribution in [2.24, 2.45) is 29.1 Å². The average molecular weight is 415 g/mol. The van der Waals surface area contributed by atoms with Crippen LogP contribution < -0.4 is 10.1 Å². The third-order valence-electron chi connectivity index (χ3n) is 7.31. The van der Waals surface area contributed by atoms with E-state index in [9.17, 15) is 19.7 Å². The van der Waals surface area contributed by atoms with Crippen molar-refractivity contribution >= 4 is 17.6 Å². The predicted octanol–water partition coefficient (Wildman–Crippen LogP) is 4.17. The van der Waals surface area contributed by atoms with E-state index in [1.165, 1.54) is 37.5 Å². The maximum absolute atomic E-state index is 13.3. The Morgan fingerprint density at radius 2 is 1.70 bits per heavy atom. The van der Waals surface area contributed by atoms with Gasteiger partial charge >= 0.3 is 5.97 Å². The number of nitrogens with one attached hydrogen (secondary N) is 1. The molecular formula is C23H30N2O5. The fourth-order valence-electron chi connectivity index (χ4n) is 6.26. The van der Waals surface area contributed by atoms with E-state index in [0.29, 0.717) is 23.3 Å². The molecule has 162 valence electrons. The summed E-state index contributed by atoms with van der Waals surface area (Å²) in [6, 6.07) is 3.48. The molecule has 30 heavy (non-hydrogen) atoms. The third kappa shape index (κ3) is 3.82. The molecule has 4 bridgehead atoms. The van der Waals surface area contributed by atoms with Crippen molar-refractivity contribution in [3.05, 3.63) is 33.9 Å². The Morgan fingerprint density at radius 1 is 1.13 bits per heavy atom. The lowest BCUT2D eigenvalue weighted by Crippen LogP contribution is -2.57. The number of hydrogen-bond acceptors (Lipinski definition) is 5. The van der Waals surface area contributed by atoms with Gasteiger partial charge in [-0.15, -0.1) is 0 Å². The number of benzene rings is 1. The minimum absolute atomic E-state index is 0.00266. The first-order valence-electron chi connectivity index (χ1n) is 10.9. The summed E-state index contributed by atoms with van der Waals surface area (Å²) in [5.41, 5.74) is 0.0703. The summed E-state index contributed by atoms with van der Waals surface area (Å²) in [4.78, 5) is 36.7. The average Bonchev–Trinajstić information content (AvgIpc) is 2.64. The molecule has 4 aliphatic rings. The maximum Gasteiger partial charge on any atom is 0.334 e. The Balaban J connectivity index is 1.46. The number of hydrogen-bond donors (Lipinski definition) is 1. The lowest BCUT2D eigenvalue weighted by Gasteiger charge is -2.55. The fourth-order valence-corrected chi connectivity index (χ4v) is 6.26. The topological polar surface area (TPSA) is 98.5 Å². The number of nitro groups is 1. The summed E-state index contributed by atoms with van der Waals surface area (Å²) in [7, 11) is 0. The monoisotopic (exact) mass is 414 g/mol. The van der Waals surface area contributed by atoms with Gasteiger partial charge in [-0.1, -0.05) is 13.8 Å². The lowest BCUT2D eigenvalue weighted by molar-refractivity contribution is -0.385. The van der Waals surface area contributed by atoms with Crippen LogP contribution in [0.15, 0.2) is 18.2 Å². The summed E-state index contributed by atoms with van der Waals surface area (Å²) in [5.74, 6) is 1.53. The van der Waals surface area contributed by atoms with Gasteiger partial charge in [-0.25, -0.2) is 4.79 Å². The van der Waals surface area contributed by atoms with Crippen LogP contribution in [0, 0.1) is 46.1 Å². The molecule has 5 rings (SSSR count). The van der Waals surface area contributed by atoms with Crippen molar-refractivity contribution < 1.29 is 19.2 Å². The van der Waals surface area contributed by atoms with Crippen LogP contribution in [-0.2, 0) is 9.59 Å². The van der Waals surface area contributed by atoms with E-state index < -0.39 is 16.9 Å². The first-order valence-corrected chi connectivity index (χ1v) is 10.9. The molecule has 4 saturated carbocycles. The van der Waals surface area contributed by atoms with Crippen LogP contribution in [0.5, 0.6) is 5.75 Å². The van der Waals surface area contributed by atoms with Crippen molar-refractivity contribution in [1.82, 2.24) is 5.32 Å². The van der Waals surface area contributed by atoms with E-state index in [1.54, 1.807) is 6.92 Å². The zero-order chi connectivity index (χ0) is 21.6. The highest BCUT2D eigenvalue weighted by Crippen LogP contribution is 2.60. The number of carbonyl (C=O) groups excluding carboxylic acids is 2. The van der Waals surface area contributed by atoms with Crippen molar-refractivity contribution in [1.29, 1.82) is 0 Å². The van der Waals surface area contributed by atoms with Crippen LogP contribution in [0.3, 0.4) is 0 Å². The second kappa shape index (κ2) is 7.67. The van der Waals surface area contributed by atoms with Crippen molar-refractivity contribution in [3.63, 3.8) is 0 Å². The standard InChI is InChI=1S/C23H30N2O5/c1-13(2)20(21(26)30-18-4-5-19(25(28)29)14(3)6-18)24-22(27)23-10-15-7-16(11-23)9-17(8-15)12-23/h4-6,13,15-17,20H,7-12H2,1-3H3,(H,24,27). The largest absolute Gasteiger partial charge is 0.425 e. The molecule has 0 aromatic heterocycles. The number of amides is 1. The Hall–Kier alpha value is -2.44. The second-order valence-corrected chi connectivity index (χ2v) is 10.0. The second-order valence-electron chi connectivity index (χ2n) is 10.0. The van der Waals surface area contributed by atoms with Crippen molar-refractivity contribution in [2.45, 2.75) is 65.3 Å². The number of carbonyl (C=O) groups is 2. The van der Waals surface area contributed by atoms with Gasteiger partial charge in [0.25, 0.3) is 5.69 Å². The van der Waals surface area contributed by atoms with Gasteiger partial charge in [0.2, 0.25) is 5.91 Å². The van der Waals surface area contributed by atoms with Gasteiger partial charge in [0.1, 0.15) is 11.8 Å². The third-order valence-corrected chi connectivity index (χ3v) is 7.31. The molecule has 7 nitrogen and oxygen atoms in total. The molecule has 1 unspecified atom stereocenters. The molecule has 1 aromatic rings. The minimum Gasteiger partial charge on any atom is -0.425 e. The molecule has 0 saturated heterocycles. The summed E-state index contributed by atoms with van der Waals surface area (Å²) >= 11 is 0. The Bertz CT molecular complexity index is 843. The fraction of sp³-hybridized carbons (Fsp3) is 0.652. The summed E-state index contributed by atoms with van der Waals surface area (Å²) in [6.45, 7) is 5.37. The van der Waals surface area contributed by atoms with Crippen molar-refractivity contribution in [3.8, 4) is 5.75 Å². The number of rotatable bonds is 6. The molecule has 1 amide bonds. The van der Waals surface area contributed by atoms with Crippen LogP contribution in [0.25, 0.3) is 0 Å². The van der Waals surface area contributed by atoms with Crippen LogP contribution in [0.2, 0.25) is 0 Å². The van der Waals surface area contributed by atoms with Crippen LogP contribution >= 0.6 is 0 Å². The van der Waals surface area contributed by atoms with E-state index in [-0.39, 0.29) is 28.7 Å². The van der Waals surface area contributed by atoms with Gasteiger partial charge < -0.3 is 10.1 Å². The zero-order valence-electron chi connectivity index (χ0n) is 17.8. The van der Waals surface area contributed by atoms with Gasteiger partial charge in [0.05, 0.1) is 4.92 Å². The van der Waals surface area contributed by atoms with Gasteiger partial charge in [-0.3, -0.25) is 14.9 Å². The molecule has 1 aromatic carbocycles. The van der Waals surface area contributed by atoms with Crippen molar-refractivity contribution in [2.75, 3.05) is 0 Å². The molecule has 7 heteroatoms. The zero-order valence-corrected chi connectivity index (χ0v) is 17.8.